The molecule has 1 aromatic rings. The molecule has 1 saturated carbocycles. The average Bonchev–Trinajstić information content (AvgIpc) is 3.24. The smallest absolute Gasteiger partial charge is 0.416 e. The third-order valence-electron chi connectivity index (χ3n) is 4.70. The fourth-order valence-corrected chi connectivity index (χ4v) is 3.52. The van der Waals surface area contributed by atoms with E-state index in [0.717, 1.165) is 6.08 Å². The quantitative estimate of drug-likeness (QED) is 0.806. The zero-order valence-corrected chi connectivity index (χ0v) is 14.3. The van der Waals surface area contributed by atoms with E-state index in [2.05, 4.69) is 0 Å². The summed E-state index contributed by atoms with van der Waals surface area (Å²) < 4.78 is 46.8. The largest absolute Gasteiger partial charge is 0.480 e. The Morgan fingerprint density at radius 1 is 1.38 bits per heavy atom. The Labute approximate surface area is 147 Å². The van der Waals surface area contributed by atoms with E-state index in [0.29, 0.717) is 12.0 Å². The summed E-state index contributed by atoms with van der Waals surface area (Å²) in [5.41, 5.74) is -0.162. The number of allylic oxidation sites excluding steroid dienone is 4. The topological polar surface area (TPSA) is 68.5 Å². The van der Waals surface area contributed by atoms with Crippen molar-refractivity contribution in [1.82, 2.24) is 4.57 Å². The molecule has 0 bridgehead atoms. The molecule has 140 valence electrons. The van der Waals surface area contributed by atoms with Crippen molar-refractivity contribution in [3.8, 4) is 0 Å². The van der Waals surface area contributed by atoms with Crippen molar-refractivity contribution in [3.05, 3.63) is 40.7 Å². The van der Waals surface area contributed by atoms with Crippen LogP contribution < -0.4 is 0 Å². The van der Waals surface area contributed by atoms with E-state index in [9.17, 15) is 22.8 Å². The van der Waals surface area contributed by atoms with Crippen LogP contribution in [-0.4, -0.2) is 34.4 Å². The van der Waals surface area contributed by atoms with Gasteiger partial charge in [-0.2, -0.15) is 13.2 Å². The van der Waals surface area contributed by atoms with Crippen LogP contribution in [0.3, 0.4) is 0 Å². The number of nitrogens with zero attached hydrogens (tertiary/aromatic N) is 1. The molecule has 0 aromatic carbocycles. The second kappa shape index (κ2) is 6.34. The first-order chi connectivity index (χ1) is 12.1. The zero-order valence-electron chi connectivity index (χ0n) is 14.3. The summed E-state index contributed by atoms with van der Waals surface area (Å²) in [5.74, 6) is -2.17. The molecule has 1 N–H and O–H groups in total. The molecule has 26 heavy (non-hydrogen) atoms. The number of carboxylic acids is 1. The Morgan fingerprint density at radius 3 is 2.65 bits per heavy atom. The van der Waals surface area contributed by atoms with Crippen LogP contribution in [0.5, 0.6) is 0 Å². The molecule has 2 unspecified atom stereocenters. The van der Waals surface area contributed by atoms with E-state index < -0.39 is 30.2 Å². The van der Waals surface area contributed by atoms with Crippen molar-refractivity contribution >= 4 is 17.5 Å². The van der Waals surface area contributed by atoms with Crippen LogP contribution in [0.1, 0.15) is 35.0 Å². The monoisotopic (exact) mass is 369 g/mol. The van der Waals surface area contributed by atoms with Gasteiger partial charge < -0.3 is 14.4 Å². The van der Waals surface area contributed by atoms with Crippen molar-refractivity contribution in [2.75, 3.05) is 6.61 Å². The first-order valence-electron chi connectivity index (χ1n) is 8.23. The molecule has 1 heterocycles. The number of carbonyl (C=O) groups excluding carboxylic acids is 1. The normalized spacial score (nSPS) is 21.6. The van der Waals surface area contributed by atoms with Crippen LogP contribution in [0.2, 0.25) is 0 Å². The minimum absolute atomic E-state index is 0.0229. The molecule has 2 atom stereocenters. The molecule has 1 fully saturated rings. The van der Waals surface area contributed by atoms with Crippen LogP contribution in [0.4, 0.5) is 13.2 Å². The highest BCUT2D eigenvalue weighted by molar-refractivity contribution is 5.94. The van der Waals surface area contributed by atoms with Crippen LogP contribution in [0.15, 0.2) is 23.9 Å². The summed E-state index contributed by atoms with van der Waals surface area (Å²) in [6.45, 7) is 2.72. The Bertz CT molecular complexity index is 832. The van der Waals surface area contributed by atoms with Crippen molar-refractivity contribution in [2.24, 2.45) is 11.8 Å². The number of hydrogen-bond acceptors (Lipinski definition) is 3. The maximum absolute atomic E-state index is 13.6. The fraction of sp³-hybridized carbons (Fsp3) is 0.444. The number of ether oxygens (including phenoxy) is 1. The van der Waals surface area contributed by atoms with Gasteiger partial charge in [0.2, 0.25) is 0 Å². The van der Waals surface area contributed by atoms with Gasteiger partial charge >= 0.3 is 18.1 Å². The van der Waals surface area contributed by atoms with Crippen LogP contribution in [0, 0.1) is 18.8 Å². The minimum atomic E-state index is -4.56. The van der Waals surface area contributed by atoms with Gasteiger partial charge in [-0.1, -0.05) is 12.2 Å². The Hall–Kier alpha value is -2.51. The first kappa shape index (κ1) is 18.3. The van der Waals surface area contributed by atoms with Crippen molar-refractivity contribution in [1.29, 1.82) is 0 Å². The predicted octanol–water partition coefficient (Wildman–Crippen LogP) is 3.58. The standard InChI is InChI=1S/C18H18F3NO4/c1-3-26-17(25)12-7-22(8-14(23)24)16(9(12)2)15-11-6-10(11)4-5-13(15)18(19,20)21/h4-5,7,10-11H,3,6,8H2,1-2H3,(H,23,24). The number of aliphatic carboxylic acids is 1. The van der Waals surface area contributed by atoms with E-state index in [1.165, 1.54) is 17.7 Å². The number of hydrogen-bond donors (Lipinski definition) is 1. The molecule has 3 rings (SSSR count). The molecule has 0 amide bonds. The molecule has 8 heteroatoms. The van der Waals surface area contributed by atoms with E-state index in [1.54, 1.807) is 13.0 Å². The first-order valence-corrected chi connectivity index (χ1v) is 8.23. The lowest BCUT2D eigenvalue weighted by Crippen LogP contribution is -2.18. The SMILES string of the molecule is CCOC(=O)c1cn(CC(=O)O)c(C2=C(C(F)(F)F)C=CC3CC23)c1C. The zero-order chi connectivity index (χ0) is 19.2. The van der Waals surface area contributed by atoms with Gasteiger partial charge in [-0.3, -0.25) is 4.79 Å². The van der Waals surface area contributed by atoms with Gasteiger partial charge in [0, 0.05) is 11.9 Å². The molecule has 0 aliphatic heterocycles. The predicted molar refractivity (Wildman–Crippen MR) is 86.5 cm³/mol. The fourth-order valence-electron chi connectivity index (χ4n) is 3.52. The number of rotatable bonds is 5. The molecule has 2 aliphatic carbocycles. The van der Waals surface area contributed by atoms with E-state index >= 15 is 0 Å². The van der Waals surface area contributed by atoms with Gasteiger partial charge in [0.1, 0.15) is 6.54 Å². The number of fused-ring (bicyclic) bond motifs is 1. The maximum atomic E-state index is 13.6. The van der Waals surface area contributed by atoms with Gasteiger partial charge in [-0.15, -0.1) is 0 Å². The second-order valence-electron chi connectivity index (χ2n) is 6.45. The number of halogens is 3. The van der Waals surface area contributed by atoms with E-state index in [-0.39, 0.29) is 35.3 Å². The number of aromatic nitrogens is 1. The summed E-state index contributed by atoms with van der Waals surface area (Å²) in [6, 6.07) is 0. The summed E-state index contributed by atoms with van der Waals surface area (Å²) in [6.07, 6.45) is -0.103. The molecule has 1 aromatic heterocycles. The molecule has 5 nitrogen and oxygen atoms in total. The number of alkyl halides is 3. The van der Waals surface area contributed by atoms with Crippen LogP contribution >= 0.6 is 0 Å². The van der Waals surface area contributed by atoms with Crippen molar-refractivity contribution < 1.29 is 32.6 Å². The lowest BCUT2D eigenvalue weighted by molar-refractivity contribution is -0.137. The number of carboxylic acid groups (broad SMARTS) is 1. The Kier molecular flexibility index (Phi) is 4.46. The molecular weight excluding hydrogens is 351 g/mol. The lowest BCUT2D eigenvalue weighted by Gasteiger charge is -2.20. The molecule has 0 radical (unpaired) electrons. The van der Waals surface area contributed by atoms with E-state index in [1.807, 2.05) is 0 Å². The molecule has 0 saturated heterocycles. The highest BCUT2D eigenvalue weighted by atomic mass is 19.4. The third-order valence-corrected chi connectivity index (χ3v) is 4.70. The molecule has 2 aliphatic rings. The summed E-state index contributed by atoms with van der Waals surface area (Å²) >= 11 is 0. The third kappa shape index (κ3) is 3.15. The van der Waals surface area contributed by atoms with Crippen LogP contribution in [-0.2, 0) is 16.1 Å². The lowest BCUT2D eigenvalue weighted by atomic mass is 9.91. The Morgan fingerprint density at radius 2 is 2.08 bits per heavy atom. The van der Waals surface area contributed by atoms with Gasteiger partial charge in [-0.05, 0) is 43.2 Å². The Balaban J connectivity index is 2.22. The average molecular weight is 369 g/mol. The molecule has 0 spiro atoms. The van der Waals surface area contributed by atoms with Crippen molar-refractivity contribution in [2.45, 2.75) is 33.0 Å². The summed E-state index contributed by atoms with van der Waals surface area (Å²) in [7, 11) is 0. The van der Waals surface area contributed by atoms with Gasteiger partial charge in [0.05, 0.1) is 17.7 Å². The van der Waals surface area contributed by atoms with Gasteiger partial charge in [0.15, 0.2) is 0 Å². The van der Waals surface area contributed by atoms with Crippen molar-refractivity contribution in [3.63, 3.8) is 0 Å². The molecular formula is C18H18F3NO4. The number of carbonyl (C=O) groups is 2. The summed E-state index contributed by atoms with van der Waals surface area (Å²) in [5, 5.41) is 9.14. The minimum Gasteiger partial charge on any atom is -0.480 e. The van der Waals surface area contributed by atoms with Crippen LogP contribution in [0.25, 0.3) is 5.57 Å². The second-order valence-corrected chi connectivity index (χ2v) is 6.45. The summed E-state index contributed by atoms with van der Waals surface area (Å²) in [4.78, 5) is 23.3. The highest BCUT2D eigenvalue weighted by Crippen LogP contribution is 2.56. The highest BCUT2D eigenvalue weighted by Gasteiger charge is 2.49. The maximum Gasteiger partial charge on any atom is 0.416 e. The van der Waals surface area contributed by atoms with Gasteiger partial charge in [-0.25, -0.2) is 4.79 Å². The number of esters is 1. The van der Waals surface area contributed by atoms with Gasteiger partial charge in [0.25, 0.3) is 0 Å². The van der Waals surface area contributed by atoms with E-state index in [4.69, 9.17) is 9.84 Å².